The van der Waals surface area contributed by atoms with Gasteiger partial charge in [0.05, 0.1) is 17.6 Å². The third-order valence-electron chi connectivity index (χ3n) is 3.35. The summed E-state index contributed by atoms with van der Waals surface area (Å²) >= 11 is 0. The maximum atomic E-state index is 9.47. The van der Waals surface area contributed by atoms with Gasteiger partial charge in [-0.25, -0.2) is 0 Å². The molecule has 2 nitrogen and oxygen atoms in total. The Morgan fingerprint density at radius 1 is 1.20 bits per heavy atom. The van der Waals surface area contributed by atoms with Crippen molar-refractivity contribution in [3.8, 4) is 6.07 Å². The summed E-state index contributed by atoms with van der Waals surface area (Å²) in [6, 6.07) is 12.4. The number of benzene rings is 1. The molecule has 1 aliphatic rings. The van der Waals surface area contributed by atoms with Crippen molar-refractivity contribution in [2.75, 3.05) is 0 Å². The molecule has 0 amide bonds. The normalized spacial score (nSPS) is 30.8. The SMILES string of the molecule is N#C[C@]1(c2ccccc2)CC[C@H](O)CC1. The quantitative estimate of drug-likeness (QED) is 0.758. The van der Waals surface area contributed by atoms with Gasteiger partial charge >= 0.3 is 0 Å². The second-order valence-corrected chi connectivity index (χ2v) is 4.29. The minimum absolute atomic E-state index is 0.213. The van der Waals surface area contributed by atoms with Crippen molar-refractivity contribution in [3.05, 3.63) is 35.9 Å². The van der Waals surface area contributed by atoms with Crippen LogP contribution in [0.2, 0.25) is 0 Å². The van der Waals surface area contributed by atoms with Gasteiger partial charge < -0.3 is 5.11 Å². The van der Waals surface area contributed by atoms with Crippen molar-refractivity contribution < 1.29 is 5.11 Å². The molecule has 1 N–H and O–H groups in total. The van der Waals surface area contributed by atoms with E-state index in [1.807, 2.05) is 30.3 Å². The Balaban J connectivity index is 2.28. The Hall–Kier alpha value is -1.33. The first-order valence-electron chi connectivity index (χ1n) is 5.42. The Kier molecular flexibility index (Phi) is 2.75. The van der Waals surface area contributed by atoms with E-state index in [1.54, 1.807) is 0 Å². The Labute approximate surface area is 90.2 Å². The van der Waals surface area contributed by atoms with Crippen molar-refractivity contribution in [1.29, 1.82) is 5.26 Å². The van der Waals surface area contributed by atoms with Crippen LogP contribution in [0.5, 0.6) is 0 Å². The number of hydrogen-bond acceptors (Lipinski definition) is 2. The van der Waals surface area contributed by atoms with Crippen molar-refractivity contribution in [3.63, 3.8) is 0 Å². The van der Waals surface area contributed by atoms with Crippen molar-refractivity contribution in [1.82, 2.24) is 0 Å². The van der Waals surface area contributed by atoms with Crippen LogP contribution in [0.25, 0.3) is 0 Å². The summed E-state index contributed by atoms with van der Waals surface area (Å²) in [4.78, 5) is 0. The minimum Gasteiger partial charge on any atom is -0.393 e. The summed E-state index contributed by atoms with van der Waals surface area (Å²) in [5.74, 6) is 0. The van der Waals surface area contributed by atoms with Gasteiger partial charge in [0.1, 0.15) is 0 Å². The predicted octanol–water partition coefficient (Wildman–Crippen LogP) is 2.38. The molecule has 1 fully saturated rings. The first-order valence-corrected chi connectivity index (χ1v) is 5.42. The second-order valence-electron chi connectivity index (χ2n) is 4.29. The Morgan fingerprint density at radius 3 is 2.33 bits per heavy atom. The number of nitrogens with zero attached hydrogens (tertiary/aromatic N) is 1. The summed E-state index contributed by atoms with van der Waals surface area (Å²) in [7, 11) is 0. The van der Waals surface area contributed by atoms with Crippen LogP contribution in [0.3, 0.4) is 0 Å². The van der Waals surface area contributed by atoms with Crippen molar-refractivity contribution >= 4 is 0 Å². The third kappa shape index (κ3) is 1.88. The average molecular weight is 201 g/mol. The molecule has 1 saturated carbocycles. The monoisotopic (exact) mass is 201 g/mol. The topological polar surface area (TPSA) is 44.0 Å². The van der Waals surface area contributed by atoms with Crippen molar-refractivity contribution in [2.24, 2.45) is 0 Å². The van der Waals surface area contributed by atoms with Crippen LogP contribution in [0.4, 0.5) is 0 Å². The van der Waals surface area contributed by atoms with E-state index in [-0.39, 0.29) is 11.5 Å². The number of hydrogen-bond donors (Lipinski definition) is 1. The molecule has 78 valence electrons. The first-order chi connectivity index (χ1) is 7.27. The second kappa shape index (κ2) is 4.04. The third-order valence-corrected chi connectivity index (χ3v) is 3.35. The predicted molar refractivity (Wildman–Crippen MR) is 58.2 cm³/mol. The average Bonchev–Trinajstić information content (AvgIpc) is 2.32. The molecule has 1 aromatic rings. The zero-order chi connectivity index (χ0) is 10.7. The molecule has 2 rings (SSSR count). The molecule has 0 spiro atoms. The van der Waals surface area contributed by atoms with E-state index in [1.165, 1.54) is 0 Å². The fourth-order valence-corrected chi connectivity index (χ4v) is 2.32. The van der Waals surface area contributed by atoms with E-state index in [4.69, 9.17) is 0 Å². The van der Waals surface area contributed by atoms with Gasteiger partial charge in [-0.3, -0.25) is 0 Å². The molecule has 0 unspecified atom stereocenters. The molecule has 0 atom stereocenters. The molecule has 1 aromatic carbocycles. The highest BCUT2D eigenvalue weighted by Crippen LogP contribution is 2.38. The van der Waals surface area contributed by atoms with E-state index in [0.29, 0.717) is 0 Å². The number of aliphatic hydroxyl groups excluding tert-OH is 1. The fraction of sp³-hybridized carbons (Fsp3) is 0.462. The Morgan fingerprint density at radius 2 is 1.80 bits per heavy atom. The van der Waals surface area contributed by atoms with E-state index in [9.17, 15) is 10.4 Å². The van der Waals surface area contributed by atoms with Crippen molar-refractivity contribution in [2.45, 2.75) is 37.2 Å². The van der Waals surface area contributed by atoms with Gasteiger partial charge in [0.25, 0.3) is 0 Å². The summed E-state index contributed by atoms with van der Waals surface area (Å²) in [6.07, 6.45) is 2.81. The summed E-state index contributed by atoms with van der Waals surface area (Å²) < 4.78 is 0. The zero-order valence-corrected chi connectivity index (χ0v) is 8.69. The lowest BCUT2D eigenvalue weighted by Gasteiger charge is -2.33. The number of nitriles is 1. The summed E-state index contributed by atoms with van der Waals surface area (Å²) in [5, 5.41) is 18.8. The van der Waals surface area contributed by atoms with Gasteiger partial charge in [0.2, 0.25) is 0 Å². The molecule has 15 heavy (non-hydrogen) atoms. The lowest BCUT2D eigenvalue weighted by Crippen LogP contribution is -2.32. The molecule has 2 heteroatoms. The van der Waals surface area contributed by atoms with Gasteiger partial charge in [-0.05, 0) is 31.2 Å². The fourth-order valence-electron chi connectivity index (χ4n) is 2.32. The molecule has 0 radical (unpaired) electrons. The minimum atomic E-state index is -0.361. The zero-order valence-electron chi connectivity index (χ0n) is 8.69. The maximum Gasteiger partial charge on any atom is 0.0824 e. The first kappa shape index (κ1) is 10.2. The molecule has 1 aliphatic carbocycles. The Bertz CT molecular complexity index is 358. The molecule has 0 saturated heterocycles. The highest BCUT2D eigenvalue weighted by atomic mass is 16.3. The molecule has 0 heterocycles. The van der Waals surface area contributed by atoms with Gasteiger partial charge in [-0.1, -0.05) is 30.3 Å². The highest BCUT2D eigenvalue weighted by Gasteiger charge is 2.36. The molecule has 0 bridgehead atoms. The smallest absolute Gasteiger partial charge is 0.0824 e. The van der Waals surface area contributed by atoms with Crippen LogP contribution in [0.15, 0.2) is 30.3 Å². The molecule has 0 aliphatic heterocycles. The largest absolute Gasteiger partial charge is 0.393 e. The van der Waals surface area contributed by atoms with Gasteiger partial charge in [-0.15, -0.1) is 0 Å². The van der Waals surface area contributed by atoms with Crippen LogP contribution in [0, 0.1) is 11.3 Å². The van der Waals surface area contributed by atoms with Crippen LogP contribution in [-0.2, 0) is 5.41 Å². The van der Waals surface area contributed by atoms with Gasteiger partial charge in [-0.2, -0.15) is 5.26 Å². The summed E-state index contributed by atoms with van der Waals surface area (Å²) in [6.45, 7) is 0. The lowest BCUT2D eigenvalue weighted by molar-refractivity contribution is 0.109. The van der Waals surface area contributed by atoms with E-state index in [2.05, 4.69) is 6.07 Å². The standard InChI is InChI=1S/C13H15NO/c14-10-13(8-6-12(15)7-9-13)11-4-2-1-3-5-11/h1-5,12,15H,6-9H2/t12-,13-. The van der Waals surface area contributed by atoms with Crippen LogP contribution in [0.1, 0.15) is 31.2 Å². The summed E-state index contributed by atoms with van der Waals surface area (Å²) in [5.41, 5.74) is 0.736. The van der Waals surface area contributed by atoms with E-state index in [0.717, 1.165) is 31.2 Å². The van der Waals surface area contributed by atoms with Crippen LogP contribution < -0.4 is 0 Å². The van der Waals surface area contributed by atoms with Crippen LogP contribution >= 0.6 is 0 Å². The van der Waals surface area contributed by atoms with Crippen LogP contribution in [-0.4, -0.2) is 11.2 Å². The van der Waals surface area contributed by atoms with Gasteiger partial charge in [0.15, 0.2) is 0 Å². The number of rotatable bonds is 1. The maximum absolute atomic E-state index is 9.47. The molecular formula is C13H15NO. The number of aliphatic hydroxyl groups is 1. The van der Waals surface area contributed by atoms with E-state index >= 15 is 0 Å². The van der Waals surface area contributed by atoms with Gasteiger partial charge in [0, 0.05) is 0 Å². The van der Waals surface area contributed by atoms with E-state index < -0.39 is 0 Å². The highest BCUT2D eigenvalue weighted by molar-refractivity contribution is 5.32. The molecule has 0 aromatic heterocycles. The molecular weight excluding hydrogens is 186 g/mol. The lowest BCUT2D eigenvalue weighted by atomic mass is 9.70.